The van der Waals surface area contributed by atoms with Crippen molar-refractivity contribution in [2.45, 2.75) is 45.6 Å². The minimum Gasteiger partial charge on any atom is -0.507 e. The van der Waals surface area contributed by atoms with Crippen molar-refractivity contribution in [3.8, 4) is 5.75 Å². The lowest BCUT2D eigenvalue weighted by atomic mass is 9.88. The zero-order chi connectivity index (χ0) is 22.9. The average molecular weight is 471 g/mol. The fourth-order valence-electron chi connectivity index (χ4n) is 4.03. The summed E-state index contributed by atoms with van der Waals surface area (Å²) >= 11 is 11.9. The number of phenols is 1. The Labute approximate surface area is 192 Å². The van der Waals surface area contributed by atoms with E-state index in [0.717, 1.165) is 0 Å². The van der Waals surface area contributed by atoms with Gasteiger partial charge in [-0.15, -0.1) is 0 Å². The first-order valence-electron chi connectivity index (χ1n) is 10.4. The number of ketones is 1. The van der Waals surface area contributed by atoms with Crippen LogP contribution in [0.3, 0.4) is 0 Å². The molecule has 1 unspecified atom stereocenters. The van der Waals surface area contributed by atoms with Crippen molar-refractivity contribution in [2.75, 3.05) is 26.2 Å². The summed E-state index contributed by atoms with van der Waals surface area (Å²) in [4.78, 5) is 41.3. The number of nitrogens with zero attached hydrogens (tertiary/aromatic N) is 2. The Bertz CT molecular complexity index is 875. The van der Waals surface area contributed by atoms with Gasteiger partial charge < -0.3 is 19.6 Å². The van der Waals surface area contributed by atoms with Gasteiger partial charge in [-0.25, -0.2) is 4.79 Å². The molecule has 2 saturated heterocycles. The third-order valence-corrected chi connectivity index (χ3v) is 6.39. The second kappa shape index (κ2) is 9.25. The molecule has 2 heterocycles. The third-order valence-electron chi connectivity index (χ3n) is 5.67. The zero-order valence-corrected chi connectivity index (χ0v) is 19.5. The number of Topliss-reactive ketones (excluding diaryl/α,β-unsaturated/α-hetero) is 1. The number of halogens is 2. The Hall–Kier alpha value is -1.99. The van der Waals surface area contributed by atoms with Crippen LogP contribution in [0.15, 0.2) is 12.1 Å². The van der Waals surface area contributed by atoms with Crippen molar-refractivity contribution >= 4 is 41.0 Å². The molecule has 0 bridgehead atoms. The molecule has 2 amide bonds. The molecule has 7 nitrogen and oxygen atoms in total. The molecular weight excluding hydrogens is 443 g/mol. The Balaban J connectivity index is 1.54. The topological polar surface area (TPSA) is 87.2 Å². The summed E-state index contributed by atoms with van der Waals surface area (Å²) in [7, 11) is 0. The molecule has 9 heteroatoms. The second-order valence-electron chi connectivity index (χ2n) is 9.16. The molecule has 3 rings (SSSR count). The van der Waals surface area contributed by atoms with E-state index < -0.39 is 11.7 Å². The van der Waals surface area contributed by atoms with E-state index in [9.17, 15) is 19.5 Å². The second-order valence-corrected chi connectivity index (χ2v) is 9.97. The number of carbonyl (C=O) groups is 3. The van der Waals surface area contributed by atoms with E-state index in [-0.39, 0.29) is 44.9 Å². The van der Waals surface area contributed by atoms with Gasteiger partial charge in [-0.3, -0.25) is 9.59 Å². The first-order valence-corrected chi connectivity index (χ1v) is 11.2. The molecule has 2 fully saturated rings. The Morgan fingerprint density at radius 1 is 0.968 bits per heavy atom. The van der Waals surface area contributed by atoms with E-state index in [1.165, 1.54) is 12.1 Å². The molecule has 0 saturated carbocycles. The number of rotatable bonds is 3. The highest BCUT2D eigenvalue weighted by Crippen LogP contribution is 2.33. The van der Waals surface area contributed by atoms with E-state index >= 15 is 0 Å². The van der Waals surface area contributed by atoms with Crippen LogP contribution in [0.1, 0.15) is 50.4 Å². The molecule has 2 aliphatic rings. The molecule has 31 heavy (non-hydrogen) atoms. The maximum atomic E-state index is 12.9. The van der Waals surface area contributed by atoms with Crippen LogP contribution in [0.25, 0.3) is 0 Å². The van der Waals surface area contributed by atoms with Gasteiger partial charge in [0.2, 0.25) is 5.91 Å². The smallest absolute Gasteiger partial charge is 0.410 e. The van der Waals surface area contributed by atoms with Crippen molar-refractivity contribution in [3.63, 3.8) is 0 Å². The molecule has 1 aromatic rings. The first kappa shape index (κ1) is 23.7. The number of amides is 2. The summed E-state index contributed by atoms with van der Waals surface area (Å²) in [5, 5.41) is 10.5. The van der Waals surface area contributed by atoms with Gasteiger partial charge in [-0.1, -0.05) is 23.2 Å². The molecule has 1 aromatic carbocycles. The summed E-state index contributed by atoms with van der Waals surface area (Å²) in [6.45, 7) is 7.20. The van der Waals surface area contributed by atoms with Crippen molar-refractivity contribution in [2.24, 2.45) is 11.8 Å². The van der Waals surface area contributed by atoms with Crippen LogP contribution in [-0.2, 0) is 9.53 Å². The van der Waals surface area contributed by atoms with Crippen LogP contribution < -0.4 is 0 Å². The maximum absolute atomic E-state index is 12.9. The van der Waals surface area contributed by atoms with Crippen molar-refractivity contribution < 1.29 is 24.2 Å². The lowest BCUT2D eigenvalue weighted by Crippen LogP contribution is -2.44. The highest BCUT2D eigenvalue weighted by Gasteiger charge is 2.37. The van der Waals surface area contributed by atoms with Crippen molar-refractivity contribution in [1.29, 1.82) is 0 Å². The van der Waals surface area contributed by atoms with Gasteiger partial charge in [-0.05, 0) is 46.1 Å². The third kappa shape index (κ3) is 5.63. The normalized spacial score (nSPS) is 20.1. The number of aromatic hydroxyl groups is 1. The fourth-order valence-corrected chi connectivity index (χ4v) is 4.35. The molecule has 0 aliphatic carbocycles. The molecule has 0 spiro atoms. The zero-order valence-electron chi connectivity index (χ0n) is 18.0. The lowest BCUT2D eigenvalue weighted by molar-refractivity contribution is -0.136. The highest BCUT2D eigenvalue weighted by atomic mass is 35.5. The van der Waals surface area contributed by atoms with Crippen molar-refractivity contribution in [3.05, 3.63) is 27.7 Å². The first-order chi connectivity index (χ1) is 14.5. The quantitative estimate of drug-likeness (QED) is 0.662. The standard InChI is InChI=1S/C22H28Cl2N2O5/c1-22(2,3)31-21(30)26-9-6-14(12-26)20(29)25-7-4-13(5-8-25)19(28)15-10-16(23)17(24)11-18(15)27/h10-11,13-14,27H,4-9,12H2,1-3H3. The summed E-state index contributed by atoms with van der Waals surface area (Å²) < 4.78 is 5.39. The van der Waals surface area contributed by atoms with Gasteiger partial charge in [0.15, 0.2) is 5.78 Å². The Morgan fingerprint density at radius 2 is 1.52 bits per heavy atom. The SMILES string of the molecule is CC(C)(C)OC(=O)N1CCC(C(=O)N2CCC(C(=O)c3cc(Cl)c(Cl)cc3O)CC2)C1. The maximum Gasteiger partial charge on any atom is 0.410 e. The molecule has 2 aliphatic heterocycles. The van der Waals surface area contributed by atoms with E-state index in [4.69, 9.17) is 27.9 Å². The van der Waals surface area contributed by atoms with Crippen LogP contribution in [-0.4, -0.2) is 64.5 Å². The predicted molar refractivity (Wildman–Crippen MR) is 118 cm³/mol. The monoisotopic (exact) mass is 470 g/mol. The average Bonchev–Trinajstić information content (AvgIpc) is 3.19. The summed E-state index contributed by atoms with van der Waals surface area (Å²) in [5.41, 5.74) is -0.418. The minimum atomic E-state index is -0.573. The van der Waals surface area contributed by atoms with Gasteiger partial charge in [0.25, 0.3) is 0 Å². The number of carbonyl (C=O) groups excluding carboxylic acids is 3. The van der Waals surface area contributed by atoms with E-state index in [1.807, 2.05) is 20.8 Å². The highest BCUT2D eigenvalue weighted by molar-refractivity contribution is 6.42. The number of hydrogen-bond acceptors (Lipinski definition) is 5. The molecule has 0 aromatic heterocycles. The van der Waals surface area contributed by atoms with Gasteiger partial charge in [0, 0.05) is 38.2 Å². The van der Waals surface area contributed by atoms with Crippen molar-refractivity contribution in [1.82, 2.24) is 9.80 Å². The minimum absolute atomic E-state index is 0.00865. The Morgan fingerprint density at radius 3 is 2.13 bits per heavy atom. The number of likely N-dealkylation sites (tertiary alicyclic amines) is 2. The number of benzene rings is 1. The van der Waals surface area contributed by atoms with E-state index in [2.05, 4.69) is 0 Å². The molecule has 0 radical (unpaired) electrons. The van der Waals surface area contributed by atoms with Gasteiger partial charge in [0.1, 0.15) is 11.4 Å². The van der Waals surface area contributed by atoms with Crippen LogP contribution >= 0.6 is 23.2 Å². The van der Waals surface area contributed by atoms with Crippen LogP contribution in [0, 0.1) is 11.8 Å². The molecule has 1 atom stereocenters. The number of piperidine rings is 1. The summed E-state index contributed by atoms with van der Waals surface area (Å²) in [5.74, 6) is -0.923. The van der Waals surface area contributed by atoms with Gasteiger partial charge in [0.05, 0.1) is 21.5 Å². The van der Waals surface area contributed by atoms with E-state index in [0.29, 0.717) is 45.4 Å². The summed E-state index contributed by atoms with van der Waals surface area (Å²) in [6, 6.07) is 2.66. The molecular formula is C22H28Cl2N2O5. The molecule has 1 N–H and O–H groups in total. The molecule has 170 valence electrons. The fraction of sp³-hybridized carbons (Fsp3) is 0.591. The summed E-state index contributed by atoms with van der Waals surface area (Å²) in [6.07, 6.45) is 1.22. The van der Waals surface area contributed by atoms with Gasteiger partial charge in [-0.2, -0.15) is 0 Å². The van der Waals surface area contributed by atoms with Crippen LogP contribution in [0.5, 0.6) is 5.75 Å². The predicted octanol–water partition coefficient (Wildman–Crippen LogP) is 4.38. The van der Waals surface area contributed by atoms with E-state index in [1.54, 1.807) is 9.80 Å². The van der Waals surface area contributed by atoms with Crippen LogP contribution in [0.2, 0.25) is 10.0 Å². The number of phenolic OH excluding ortho intramolecular Hbond substituents is 1. The number of hydrogen-bond donors (Lipinski definition) is 1. The van der Waals surface area contributed by atoms with Crippen LogP contribution in [0.4, 0.5) is 4.79 Å². The number of ether oxygens (including phenoxy) is 1. The Kier molecular flexibility index (Phi) is 7.06. The largest absolute Gasteiger partial charge is 0.507 e. The lowest BCUT2D eigenvalue weighted by Gasteiger charge is -2.33. The van der Waals surface area contributed by atoms with Gasteiger partial charge >= 0.3 is 6.09 Å².